The Morgan fingerprint density at radius 3 is 2.52 bits per heavy atom. The summed E-state index contributed by atoms with van der Waals surface area (Å²) in [5, 5.41) is 1.54. The second-order valence-electron chi connectivity index (χ2n) is 5.52. The standard InChI is InChI=1S/C15H13ClN4O4S/c1-7(21)8-4-10(25-6-8)9(22)5-20-11-12(17-14(20)16)18(2)15(24)19(3)13(11)23/h4,6H,5H2,1-3H3. The third kappa shape index (κ3) is 2.75. The van der Waals surface area contributed by atoms with Crippen LogP contribution in [0.15, 0.2) is 21.0 Å². The van der Waals surface area contributed by atoms with E-state index in [1.54, 1.807) is 5.38 Å². The van der Waals surface area contributed by atoms with Gasteiger partial charge < -0.3 is 4.57 Å². The Kier molecular flexibility index (Phi) is 4.21. The minimum absolute atomic E-state index is 0.0648. The van der Waals surface area contributed by atoms with E-state index < -0.39 is 11.2 Å². The van der Waals surface area contributed by atoms with Crippen molar-refractivity contribution >= 4 is 45.7 Å². The highest BCUT2D eigenvalue weighted by atomic mass is 35.5. The molecular weight excluding hydrogens is 368 g/mol. The van der Waals surface area contributed by atoms with E-state index in [0.29, 0.717) is 10.4 Å². The smallest absolute Gasteiger partial charge is 0.301 e. The molecule has 0 bridgehead atoms. The summed E-state index contributed by atoms with van der Waals surface area (Å²) < 4.78 is 3.40. The first-order valence-corrected chi connectivity index (χ1v) is 8.42. The Bertz CT molecular complexity index is 1150. The van der Waals surface area contributed by atoms with Crippen molar-refractivity contribution in [2.45, 2.75) is 13.5 Å². The number of Topliss-reactive ketones (excluding diaryl/α,β-unsaturated/α-hetero) is 2. The van der Waals surface area contributed by atoms with Crippen LogP contribution in [0.5, 0.6) is 0 Å². The molecule has 0 saturated carbocycles. The third-order valence-electron chi connectivity index (χ3n) is 3.88. The third-order valence-corrected chi connectivity index (χ3v) is 5.14. The topological polar surface area (TPSA) is 96.0 Å². The molecule has 0 radical (unpaired) electrons. The average Bonchev–Trinajstić information content (AvgIpc) is 3.17. The predicted molar refractivity (Wildman–Crippen MR) is 93.9 cm³/mol. The number of hydrogen-bond donors (Lipinski definition) is 0. The summed E-state index contributed by atoms with van der Waals surface area (Å²) in [5.74, 6) is -0.445. The van der Waals surface area contributed by atoms with Gasteiger partial charge >= 0.3 is 5.69 Å². The van der Waals surface area contributed by atoms with Crippen molar-refractivity contribution in [3.8, 4) is 0 Å². The number of fused-ring (bicyclic) bond motifs is 1. The van der Waals surface area contributed by atoms with Gasteiger partial charge in [-0.15, -0.1) is 11.3 Å². The summed E-state index contributed by atoms with van der Waals surface area (Å²) in [6.45, 7) is 1.20. The second kappa shape index (κ2) is 6.08. The van der Waals surface area contributed by atoms with Gasteiger partial charge in [0.2, 0.25) is 5.28 Å². The van der Waals surface area contributed by atoms with E-state index in [0.717, 1.165) is 15.9 Å². The summed E-state index contributed by atoms with van der Waals surface area (Å²) in [6.07, 6.45) is 0. The highest BCUT2D eigenvalue weighted by Crippen LogP contribution is 2.20. The van der Waals surface area contributed by atoms with Crippen molar-refractivity contribution in [1.29, 1.82) is 0 Å². The fourth-order valence-corrected chi connectivity index (χ4v) is 3.56. The molecule has 0 aliphatic heterocycles. The number of rotatable bonds is 4. The van der Waals surface area contributed by atoms with Crippen LogP contribution in [0.2, 0.25) is 5.28 Å². The average molecular weight is 381 g/mol. The summed E-state index contributed by atoms with van der Waals surface area (Å²) >= 11 is 7.24. The number of aryl methyl sites for hydroxylation is 1. The van der Waals surface area contributed by atoms with E-state index in [1.165, 1.54) is 36.2 Å². The normalized spacial score (nSPS) is 11.2. The molecule has 10 heteroatoms. The van der Waals surface area contributed by atoms with E-state index in [2.05, 4.69) is 4.98 Å². The van der Waals surface area contributed by atoms with E-state index in [9.17, 15) is 19.2 Å². The quantitative estimate of drug-likeness (QED) is 0.501. The molecule has 3 aromatic rings. The molecule has 3 heterocycles. The molecule has 0 spiro atoms. The maximum absolute atomic E-state index is 12.5. The molecule has 0 aliphatic carbocycles. The first-order valence-electron chi connectivity index (χ1n) is 7.16. The Morgan fingerprint density at radius 1 is 1.24 bits per heavy atom. The van der Waals surface area contributed by atoms with Gasteiger partial charge in [0, 0.05) is 25.0 Å². The summed E-state index contributed by atoms with van der Waals surface area (Å²) in [6, 6.07) is 1.51. The van der Waals surface area contributed by atoms with Crippen molar-refractivity contribution in [3.05, 3.63) is 48.0 Å². The fraction of sp³-hybridized carbons (Fsp3) is 0.267. The number of thiophene rings is 1. The predicted octanol–water partition coefficient (Wildman–Crippen LogP) is 1.23. The summed E-state index contributed by atoms with van der Waals surface area (Å²) in [7, 11) is 2.81. The number of aromatic nitrogens is 4. The number of halogens is 1. The molecule has 3 rings (SSSR count). The molecule has 0 fully saturated rings. The van der Waals surface area contributed by atoms with E-state index in [4.69, 9.17) is 11.6 Å². The first-order chi connectivity index (χ1) is 11.7. The molecule has 0 atom stereocenters. The Morgan fingerprint density at radius 2 is 1.92 bits per heavy atom. The lowest BCUT2D eigenvalue weighted by Gasteiger charge is -2.06. The molecule has 0 amide bonds. The zero-order chi connectivity index (χ0) is 18.5. The maximum Gasteiger partial charge on any atom is 0.332 e. The number of hydrogen-bond acceptors (Lipinski definition) is 6. The van der Waals surface area contributed by atoms with Crippen LogP contribution in [-0.2, 0) is 20.6 Å². The van der Waals surface area contributed by atoms with Gasteiger partial charge in [0.05, 0.1) is 11.4 Å². The molecule has 0 aliphatic rings. The van der Waals surface area contributed by atoms with Crippen LogP contribution in [0.4, 0.5) is 0 Å². The molecule has 8 nitrogen and oxygen atoms in total. The van der Waals surface area contributed by atoms with Crippen molar-refractivity contribution in [2.75, 3.05) is 0 Å². The lowest BCUT2D eigenvalue weighted by Crippen LogP contribution is -2.37. The molecule has 0 saturated heterocycles. The largest absolute Gasteiger partial charge is 0.332 e. The molecule has 25 heavy (non-hydrogen) atoms. The summed E-state index contributed by atoms with van der Waals surface area (Å²) in [4.78, 5) is 52.7. The van der Waals surface area contributed by atoms with Gasteiger partial charge in [-0.1, -0.05) is 0 Å². The van der Waals surface area contributed by atoms with Crippen LogP contribution < -0.4 is 11.2 Å². The van der Waals surface area contributed by atoms with E-state index in [1.807, 2.05) is 0 Å². The van der Waals surface area contributed by atoms with E-state index in [-0.39, 0.29) is 34.6 Å². The van der Waals surface area contributed by atoms with E-state index >= 15 is 0 Å². The highest BCUT2D eigenvalue weighted by molar-refractivity contribution is 7.12. The maximum atomic E-state index is 12.5. The monoisotopic (exact) mass is 380 g/mol. The van der Waals surface area contributed by atoms with Crippen LogP contribution in [0.25, 0.3) is 11.2 Å². The van der Waals surface area contributed by atoms with Gasteiger partial charge in [0.1, 0.15) is 0 Å². The van der Waals surface area contributed by atoms with Crippen molar-refractivity contribution < 1.29 is 9.59 Å². The number of nitrogens with zero attached hydrogens (tertiary/aromatic N) is 4. The highest BCUT2D eigenvalue weighted by Gasteiger charge is 2.21. The lowest BCUT2D eigenvalue weighted by molar-refractivity contribution is 0.0977. The Labute approximate surface area is 149 Å². The van der Waals surface area contributed by atoms with Gasteiger partial charge in [-0.25, -0.2) is 4.79 Å². The van der Waals surface area contributed by atoms with Crippen LogP contribution in [-0.4, -0.2) is 30.3 Å². The first kappa shape index (κ1) is 17.3. The molecule has 0 unspecified atom stereocenters. The molecule has 0 N–H and O–H groups in total. The SMILES string of the molecule is CC(=O)c1csc(C(=O)Cn2c(Cl)nc3c2c(=O)n(C)c(=O)n3C)c1. The molecule has 3 aromatic heterocycles. The van der Waals surface area contributed by atoms with Crippen molar-refractivity contribution in [1.82, 2.24) is 18.7 Å². The molecular formula is C15H13ClN4O4S. The zero-order valence-corrected chi connectivity index (χ0v) is 15.1. The fourth-order valence-electron chi connectivity index (χ4n) is 2.45. The van der Waals surface area contributed by atoms with Crippen LogP contribution in [0.3, 0.4) is 0 Å². The van der Waals surface area contributed by atoms with Gasteiger partial charge in [-0.05, 0) is 24.6 Å². The van der Waals surface area contributed by atoms with Gasteiger partial charge in [0.15, 0.2) is 22.7 Å². The van der Waals surface area contributed by atoms with Crippen molar-refractivity contribution in [3.63, 3.8) is 0 Å². The Balaban J connectivity index is 2.11. The number of carbonyl (C=O) groups is 2. The molecule has 0 aromatic carbocycles. The lowest BCUT2D eigenvalue weighted by atomic mass is 10.2. The Hall–Kier alpha value is -2.52. The number of imidazole rings is 1. The van der Waals surface area contributed by atoms with Crippen LogP contribution >= 0.6 is 22.9 Å². The summed E-state index contributed by atoms with van der Waals surface area (Å²) in [5.41, 5.74) is -0.476. The van der Waals surface area contributed by atoms with Gasteiger partial charge in [-0.3, -0.25) is 23.5 Å². The number of ketones is 2. The van der Waals surface area contributed by atoms with Gasteiger partial charge in [-0.2, -0.15) is 4.98 Å². The van der Waals surface area contributed by atoms with Crippen LogP contribution in [0, 0.1) is 0 Å². The number of carbonyl (C=O) groups excluding carboxylic acids is 2. The van der Waals surface area contributed by atoms with Crippen molar-refractivity contribution in [2.24, 2.45) is 14.1 Å². The minimum atomic E-state index is -0.582. The minimum Gasteiger partial charge on any atom is -0.301 e. The molecule has 130 valence electrons. The van der Waals surface area contributed by atoms with Gasteiger partial charge in [0.25, 0.3) is 5.56 Å². The second-order valence-corrected chi connectivity index (χ2v) is 6.77. The van der Waals surface area contributed by atoms with Crippen LogP contribution in [0.1, 0.15) is 27.0 Å². The zero-order valence-electron chi connectivity index (χ0n) is 13.6.